The number of rotatable bonds is 14. The van der Waals surface area contributed by atoms with Gasteiger partial charge in [-0.15, -0.1) is 0 Å². The third-order valence-electron chi connectivity index (χ3n) is 7.55. The molecule has 7 nitrogen and oxygen atoms in total. The van der Waals surface area contributed by atoms with Crippen LogP contribution in [0.4, 0.5) is 23.2 Å². The molecule has 0 unspecified atom stereocenters. The molecule has 0 aliphatic carbocycles. The number of carbonyl (C=O) groups excluding carboxylic acids is 2. The molecule has 254 valence electrons. The van der Waals surface area contributed by atoms with E-state index >= 15 is 4.39 Å². The monoisotopic (exact) mass is 703 g/mol. The Morgan fingerprint density at radius 1 is 0.896 bits per heavy atom. The van der Waals surface area contributed by atoms with Crippen LogP contribution in [0.2, 0.25) is 5.02 Å². The van der Waals surface area contributed by atoms with E-state index in [1.165, 1.54) is 42.5 Å². The van der Waals surface area contributed by atoms with E-state index in [2.05, 4.69) is 5.32 Å². The summed E-state index contributed by atoms with van der Waals surface area (Å²) in [6, 6.07) is 22.1. The fourth-order valence-corrected chi connectivity index (χ4v) is 6.70. The number of hydrogen-bond donors (Lipinski definition) is 1. The van der Waals surface area contributed by atoms with Crippen molar-refractivity contribution in [2.24, 2.45) is 0 Å². The Bertz CT molecular complexity index is 1810. The van der Waals surface area contributed by atoms with Crippen LogP contribution < -0.4 is 9.62 Å². The highest BCUT2D eigenvalue weighted by Crippen LogP contribution is 2.37. The molecule has 4 aromatic rings. The lowest BCUT2D eigenvalue weighted by atomic mass is 10.0. The van der Waals surface area contributed by atoms with Gasteiger partial charge in [0.15, 0.2) is 0 Å². The molecule has 0 bridgehead atoms. The summed E-state index contributed by atoms with van der Waals surface area (Å²) in [6.45, 7) is 0.721. The van der Waals surface area contributed by atoms with Crippen molar-refractivity contribution in [2.75, 3.05) is 17.4 Å². The van der Waals surface area contributed by atoms with Gasteiger partial charge in [0.05, 0.1) is 21.2 Å². The molecular weight excluding hydrogens is 670 g/mol. The van der Waals surface area contributed by atoms with Gasteiger partial charge in [-0.3, -0.25) is 13.9 Å². The van der Waals surface area contributed by atoms with E-state index in [0.717, 1.165) is 17.4 Å². The minimum Gasteiger partial charge on any atom is -0.354 e. The topological polar surface area (TPSA) is 86.8 Å². The zero-order valence-corrected chi connectivity index (χ0v) is 27.5. The van der Waals surface area contributed by atoms with Crippen LogP contribution in [0, 0.1) is 5.82 Å². The molecule has 0 spiro atoms. The van der Waals surface area contributed by atoms with Crippen molar-refractivity contribution in [2.45, 2.75) is 49.8 Å². The highest BCUT2D eigenvalue weighted by atomic mass is 35.5. The number of sulfonamides is 1. The number of halogens is 5. The van der Waals surface area contributed by atoms with Gasteiger partial charge < -0.3 is 10.2 Å². The van der Waals surface area contributed by atoms with Crippen molar-refractivity contribution >= 4 is 39.1 Å². The number of anilines is 1. The zero-order valence-electron chi connectivity index (χ0n) is 26.0. The van der Waals surface area contributed by atoms with Crippen LogP contribution in [-0.2, 0) is 38.8 Å². The number of hydrogen-bond acceptors (Lipinski definition) is 4. The lowest BCUT2D eigenvalue weighted by Crippen LogP contribution is -2.53. The first-order valence-electron chi connectivity index (χ1n) is 15.1. The standard InChI is InChI=1S/C35H34ClF4N3O4S/c1-2-3-20-41-34(45)32(21-25-12-6-4-7-13-25)42(23-26-14-10-11-17-30(26)37)33(44)24-43(48(46,47)28-15-8-5-9-16-28)31-22-27(35(38,39)40)18-19-29(31)36/h4-19,22,32H,2-3,20-21,23-24H2,1H3,(H,41,45)/t32-/m0/s1. The van der Waals surface area contributed by atoms with Gasteiger partial charge >= 0.3 is 6.18 Å². The Kier molecular flexibility index (Phi) is 12.2. The molecule has 4 aromatic carbocycles. The summed E-state index contributed by atoms with van der Waals surface area (Å²) in [5.74, 6) is -2.21. The van der Waals surface area contributed by atoms with Crippen molar-refractivity contribution in [3.8, 4) is 0 Å². The largest absolute Gasteiger partial charge is 0.416 e. The van der Waals surface area contributed by atoms with Crippen molar-refractivity contribution in [3.63, 3.8) is 0 Å². The maximum absolute atomic E-state index is 15.0. The van der Waals surface area contributed by atoms with Gasteiger partial charge in [-0.05, 0) is 48.4 Å². The molecule has 48 heavy (non-hydrogen) atoms. The van der Waals surface area contributed by atoms with Crippen LogP contribution in [0.15, 0.2) is 108 Å². The second kappa shape index (κ2) is 16.1. The molecule has 0 heterocycles. The lowest BCUT2D eigenvalue weighted by Gasteiger charge is -2.34. The molecule has 2 amide bonds. The number of amides is 2. The highest BCUT2D eigenvalue weighted by molar-refractivity contribution is 7.92. The second-order valence-electron chi connectivity index (χ2n) is 11.0. The average Bonchev–Trinajstić information content (AvgIpc) is 3.06. The molecule has 0 saturated heterocycles. The van der Waals surface area contributed by atoms with Crippen LogP contribution in [0.1, 0.15) is 36.5 Å². The number of alkyl halides is 3. The SMILES string of the molecule is CCCCNC(=O)[C@H](Cc1ccccc1)N(Cc1ccccc1F)C(=O)CN(c1cc(C(F)(F)F)ccc1Cl)S(=O)(=O)c1ccccc1. The molecule has 0 aliphatic rings. The number of benzene rings is 4. The van der Waals surface area contributed by atoms with Crippen molar-refractivity contribution < 1.29 is 35.6 Å². The number of nitrogens with one attached hydrogen (secondary N) is 1. The van der Waals surface area contributed by atoms with Gasteiger partial charge in [-0.2, -0.15) is 13.2 Å². The summed E-state index contributed by atoms with van der Waals surface area (Å²) in [7, 11) is -4.71. The Labute approximate surface area is 282 Å². The molecule has 1 atom stereocenters. The fourth-order valence-electron chi connectivity index (χ4n) is 4.98. The Morgan fingerprint density at radius 3 is 2.15 bits per heavy atom. The summed E-state index contributed by atoms with van der Waals surface area (Å²) in [6.07, 6.45) is -3.47. The van der Waals surface area contributed by atoms with Gasteiger partial charge in [-0.1, -0.05) is 91.7 Å². The number of nitrogens with zero attached hydrogens (tertiary/aromatic N) is 2. The van der Waals surface area contributed by atoms with Gasteiger partial charge in [0, 0.05) is 25.1 Å². The van der Waals surface area contributed by atoms with Gasteiger partial charge in [0.1, 0.15) is 18.4 Å². The predicted molar refractivity (Wildman–Crippen MR) is 176 cm³/mol. The summed E-state index contributed by atoms with van der Waals surface area (Å²) >= 11 is 6.33. The summed E-state index contributed by atoms with van der Waals surface area (Å²) in [5, 5.41) is 2.44. The Morgan fingerprint density at radius 2 is 1.52 bits per heavy atom. The van der Waals surface area contributed by atoms with Crippen molar-refractivity contribution in [1.82, 2.24) is 10.2 Å². The highest BCUT2D eigenvalue weighted by Gasteiger charge is 2.37. The van der Waals surface area contributed by atoms with E-state index in [9.17, 15) is 31.2 Å². The zero-order chi connectivity index (χ0) is 34.9. The van der Waals surface area contributed by atoms with Crippen LogP contribution in [-0.4, -0.2) is 44.3 Å². The van der Waals surface area contributed by atoms with Crippen molar-refractivity contribution in [1.29, 1.82) is 0 Å². The number of unbranched alkanes of at least 4 members (excludes halogenated alkanes) is 1. The third kappa shape index (κ3) is 9.13. The quantitative estimate of drug-likeness (QED) is 0.111. The smallest absolute Gasteiger partial charge is 0.354 e. The van der Waals surface area contributed by atoms with E-state index in [4.69, 9.17) is 11.6 Å². The second-order valence-corrected chi connectivity index (χ2v) is 13.2. The van der Waals surface area contributed by atoms with E-state index in [1.54, 1.807) is 42.5 Å². The Hall–Kier alpha value is -4.42. The summed E-state index contributed by atoms with van der Waals surface area (Å²) in [5.41, 5.74) is -1.08. The van der Waals surface area contributed by atoms with E-state index < -0.39 is 64.2 Å². The molecule has 0 aromatic heterocycles. The van der Waals surface area contributed by atoms with Crippen LogP contribution in [0.5, 0.6) is 0 Å². The first-order chi connectivity index (χ1) is 22.8. The van der Waals surface area contributed by atoms with E-state index in [1.807, 2.05) is 6.92 Å². The molecule has 0 saturated carbocycles. The van der Waals surface area contributed by atoms with Crippen LogP contribution in [0.25, 0.3) is 0 Å². The predicted octanol–water partition coefficient (Wildman–Crippen LogP) is 7.25. The Balaban J connectivity index is 1.86. The maximum atomic E-state index is 15.0. The normalized spacial score (nSPS) is 12.3. The molecule has 0 radical (unpaired) electrons. The van der Waals surface area contributed by atoms with E-state index in [0.29, 0.717) is 28.4 Å². The minimum atomic E-state index is -4.86. The van der Waals surface area contributed by atoms with Crippen LogP contribution in [0.3, 0.4) is 0 Å². The third-order valence-corrected chi connectivity index (χ3v) is 9.64. The van der Waals surface area contributed by atoms with Gasteiger partial charge in [0.2, 0.25) is 11.8 Å². The first-order valence-corrected chi connectivity index (χ1v) is 16.9. The van der Waals surface area contributed by atoms with E-state index in [-0.39, 0.29) is 28.4 Å². The van der Waals surface area contributed by atoms with Crippen molar-refractivity contribution in [3.05, 3.63) is 131 Å². The van der Waals surface area contributed by atoms with Gasteiger partial charge in [-0.25, -0.2) is 12.8 Å². The molecule has 1 N–H and O–H groups in total. The first kappa shape index (κ1) is 36.4. The molecule has 4 rings (SSSR count). The summed E-state index contributed by atoms with van der Waals surface area (Å²) in [4.78, 5) is 28.9. The molecule has 13 heteroatoms. The number of carbonyl (C=O) groups is 2. The minimum absolute atomic E-state index is 0.0191. The van der Waals surface area contributed by atoms with Gasteiger partial charge in [0.25, 0.3) is 10.0 Å². The summed E-state index contributed by atoms with van der Waals surface area (Å²) < 4.78 is 85.1. The fraction of sp³-hybridized carbons (Fsp3) is 0.257. The lowest BCUT2D eigenvalue weighted by molar-refractivity contribution is -0.140. The molecule has 0 fully saturated rings. The molecule has 0 aliphatic heterocycles. The molecular formula is C35H34ClF4N3O4S. The maximum Gasteiger partial charge on any atom is 0.416 e. The van der Waals surface area contributed by atoms with Crippen LogP contribution >= 0.6 is 11.6 Å². The average molecular weight is 704 g/mol.